The molecule has 0 aliphatic carbocycles. The van der Waals surface area contributed by atoms with E-state index in [0.717, 1.165) is 10.7 Å². The molecule has 2 aromatic heterocycles. The average molecular weight is 236 g/mol. The molecule has 0 radical (unpaired) electrons. The van der Waals surface area contributed by atoms with Gasteiger partial charge < -0.3 is 10.7 Å². The summed E-state index contributed by atoms with van der Waals surface area (Å²) in [5, 5.41) is 9.25. The normalized spacial score (nSPS) is 12.7. The number of aromatic nitrogens is 3. The molecule has 1 unspecified atom stereocenters. The summed E-state index contributed by atoms with van der Waals surface area (Å²) in [6.07, 6.45) is 1.66. The van der Waals surface area contributed by atoms with Crippen molar-refractivity contribution in [3.8, 4) is 10.6 Å². The Kier molecular flexibility index (Phi) is 2.84. The molecule has 0 spiro atoms. The van der Waals surface area contributed by atoms with Crippen LogP contribution in [-0.4, -0.2) is 15.2 Å². The predicted molar refractivity (Wildman–Crippen MR) is 63.3 cm³/mol. The molecule has 1 atom stereocenters. The Balaban J connectivity index is 2.47. The number of aryl methyl sites for hydroxylation is 1. The van der Waals surface area contributed by atoms with Gasteiger partial charge in [0, 0.05) is 18.0 Å². The van der Waals surface area contributed by atoms with E-state index in [2.05, 4.69) is 15.2 Å². The highest BCUT2D eigenvalue weighted by Crippen LogP contribution is 2.22. The summed E-state index contributed by atoms with van der Waals surface area (Å²) < 4.78 is 0. The summed E-state index contributed by atoms with van der Waals surface area (Å²) in [7, 11) is 0. The highest BCUT2D eigenvalue weighted by atomic mass is 32.1. The van der Waals surface area contributed by atoms with Gasteiger partial charge in [-0.3, -0.25) is 4.79 Å². The number of nitrogens with two attached hydrogens (primary N) is 1. The van der Waals surface area contributed by atoms with Crippen molar-refractivity contribution < 1.29 is 0 Å². The number of H-pyrrole nitrogens is 1. The second-order valence-corrected chi connectivity index (χ2v) is 4.64. The first-order valence-electron chi connectivity index (χ1n) is 4.86. The predicted octanol–water partition coefficient (Wildman–Crippen LogP) is 1.22. The highest BCUT2D eigenvalue weighted by molar-refractivity contribution is 7.14. The van der Waals surface area contributed by atoms with E-state index < -0.39 is 0 Å². The van der Waals surface area contributed by atoms with E-state index in [0.29, 0.717) is 10.6 Å². The molecule has 84 valence electrons. The Bertz CT molecular complexity index is 558. The molecular formula is C10H12N4OS. The standard InChI is InChI=1S/C10H12N4OS/c1-5-3-8(15)7(4-12-5)10-14-13-9(16-10)6(2)11/h3-4,6H,11H2,1-2H3,(H,12,15). The van der Waals surface area contributed by atoms with Crippen LogP contribution >= 0.6 is 11.3 Å². The third-order valence-corrected chi connectivity index (χ3v) is 3.28. The van der Waals surface area contributed by atoms with Crippen LogP contribution in [0.5, 0.6) is 0 Å². The SMILES string of the molecule is Cc1cc(=O)c(-c2nnc(C(C)N)s2)c[nH]1. The van der Waals surface area contributed by atoms with E-state index in [1.165, 1.54) is 11.3 Å². The second kappa shape index (κ2) is 4.15. The first-order chi connectivity index (χ1) is 7.58. The number of nitrogens with zero attached hydrogens (tertiary/aromatic N) is 2. The van der Waals surface area contributed by atoms with Gasteiger partial charge in [-0.25, -0.2) is 0 Å². The van der Waals surface area contributed by atoms with E-state index in [4.69, 9.17) is 5.73 Å². The maximum absolute atomic E-state index is 11.7. The van der Waals surface area contributed by atoms with Gasteiger partial charge in [0.05, 0.1) is 11.6 Å². The van der Waals surface area contributed by atoms with Crippen molar-refractivity contribution in [3.63, 3.8) is 0 Å². The van der Waals surface area contributed by atoms with Crippen LogP contribution in [0, 0.1) is 6.92 Å². The topological polar surface area (TPSA) is 84.7 Å². The molecule has 3 N–H and O–H groups in total. The first kappa shape index (κ1) is 11.0. The Hall–Kier alpha value is -1.53. The van der Waals surface area contributed by atoms with E-state index in [1.54, 1.807) is 12.3 Å². The van der Waals surface area contributed by atoms with Gasteiger partial charge in [-0.15, -0.1) is 10.2 Å². The second-order valence-electron chi connectivity index (χ2n) is 3.63. The molecule has 0 aliphatic heterocycles. The minimum atomic E-state index is -0.157. The summed E-state index contributed by atoms with van der Waals surface area (Å²) in [4.78, 5) is 14.7. The van der Waals surface area contributed by atoms with Crippen molar-refractivity contribution in [1.82, 2.24) is 15.2 Å². The lowest BCUT2D eigenvalue weighted by Gasteiger charge is -1.96. The summed E-state index contributed by atoms with van der Waals surface area (Å²) >= 11 is 1.35. The average Bonchev–Trinajstić information content (AvgIpc) is 2.66. The van der Waals surface area contributed by atoms with Crippen LogP contribution in [0.4, 0.5) is 0 Å². The number of aromatic amines is 1. The smallest absolute Gasteiger partial charge is 0.192 e. The van der Waals surface area contributed by atoms with Crippen molar-refractivity contribution in [3.05, 3.63) is 33.2 Å². The Morgan fingerprint density at radius 2 is 2.25 bits per heavy atom. The third kappa shape index (κ3) is 2.02. The third-order valence-electron chi connectivity index (χ3n) is 2.12. The van der Waals surface area contributed by atoms with Crippen LogP contribution in [0.1, 0.15) is 23.7 Å². The van der Waals surface area contributed by atoms with Crippen LogP contribution < -0.4 is 11.2 Å². The molecule has 2 aromatic rings. The van der Waals surface area contributed by atoms with Gasteiger partial charge in [0.2, 0.25) is 0 Å². The van der Waals surface area contributed by atoms with Crippen molar-refractivity contribution in [2.45, 2.75) is 19.9 Å². The molecule has 2 rings (SSSR count). The molecule has 0 amide bonds. The van der Waals surface area contributed by atoms with E-state index in [9.17, 15) is 4.79 Å². The highest BCUT2D eigenvalue weighted by Gasteiger charge is 2.12. The van der Waals surface area contributed by atoms with Crippen LogP contribution in [0.2, 0.25) is 0 Å². The summed E-state index contributed by atoms with van der Waals surface area (Å²) in [5.41, 5.74) is 7.00. The summed E-state index contributed by atoms with van der Waals surface area (Å²) in [5.74, 6) is 0. The molecular weight excluding hydrogens is 224 g/mol. The molecule has 0 fully saturated rings. The van der Waals surface area contributed by atoms with Gasteiger partial charge in [-0.2, -0.15) is 0 Å². The molecule has 5 nitrogen and oxygen atoms in total. The van der Waals surface area contributed by atoms with Crippen molar-refractivity contribution in [2.24, 2.45) is 5.73 Å². The lowest BCUT2D eigenvalue weighted by molar-refractivity contribution is 0.786. The van der Waals surface area contributed by atoms with Gasteiger partial charge in [0.15, 0.2) is 10.4 Å². The molecule has 2 heterocycles. The van der Waals surface area contributed by atoms with Crippen LogP contribution in [0.15, 0.2) is 17.1 Å². The van der Waals surface area contributed by atoms with Crippen molar-refractivity contribution in [1.29, 1.82) is 0 Å². The van der Waals surface area contributed by atoms with Crippen molar-refractivity contribution >= 4 is 11.3 Å². The van der Waals surface area contributed by atoms with Gasteiger partial charge in [0.25, 0.3) is 0 Å². The fourth-order valence-electron chi connectivity index (χ4n) is 1.27. The lowest BCUT2D eigenvalue weighted by Crippen LogP contribution is -2.04. The Morgan fingerprint density at radius 1 is 1.50 bits per heavy atom. The number of pyridine rings is 1. The quantitative estimate of drug-likeness (QED) is 0.821. The fourth-order valence-corrected chi connectivity index (χ4v) is 2.08. The number of nitrogens with one attached hydrogen (secondary N) is 1. The number of rotatable bonds is 2. The minimum Gasteiger partial charge on any atom is -0.364 e. The summed E-state index contributed by atoms with van der Waals surface area (Å²) in [6.45, 7) is 3.67. The molecule has 0 saturated heterocycles. The first-order valence-corrected chi connectivity index (χ1v) is 5.68. The monoisotopic (exact) mass is 236 g/mol. The zero-order valence-electron chi connectivity index (χ0n) is 9.02. The molecule has 0 saturated carbocycles. The zero-order chi connectivity index (χ0) is 11.7. The maximum Gasteiger partial charge on any atom is 0.192 e. The molecule has 16 heavy (non-hydrogen) atoms. The van der Waals surface area contributed by atoms with E-state index in [-0.39, 0.29) is 11.5 Å². The zero-order valence-corrected chi connectivity index (χ0v) is 9.84. The van der Waals surface area contributed by atoms with Gasteiger partial charge in [-0.1, -0.05) is 11.3 Å². The Labute approximate surface area is 96.4 Å². The minimum absolute atomic E-state index is 0.0522. The van der Waals surface area contributed by atoms with Crippen LogP contribution in [-0.2, 0) is 0 Å². The largest absolute Gasteiger partial charge is 0.364 e. The number of hydrogen-bond acceptors (Lipinski definition) is 5. The maximum atomic E-state index is 11.7. The Morgan fingerprint density at radius 3 is 2.81 bits per heavy atom. The van der Waals surface area contributed by atoms with Gasteiger partial charge in [-0.05, 0) is 13.8 Å². The molecule has 6 heteroatoms. The number of hydrogen-bond donors (Lipinski definition) is 2. The van der Waals surface area contributed by atoms with E-state index >= 15 is 0 Å². The molecule has 0 bridgehead atoms. The summed E-state index contributed by atoms with van der Waals surface area (Å²) in [6, 6.07) is 1.39. The fraction of sp³-hybridized carbons (Fsp3) is 0.300. The molecule has 0 aromatic carbocycles. The van der Waals surface area contributed by atoms with Gasteiger partial charge >= 0.3 is 0 Å². The van der Waals surface area contributed by atoms with Gasteiger partial charge in [0.1, 0.15) is 5.01 Å². The lowest BCUT2D eigenvalue weighted by atomic mass is 10.2. The van der Waals surface area contributed by atoms with Crippen LogP contribution in [0.25, 0.3) is 10.6 Å². The van der Waals surface area contributed by atoms with Crippen molar-refractivity contribution in [2.75, 3.05) is 0 Å². The van der Waals surface area contributed by atoms with Crippen LogP contribution in [0.3, 0.4) is 0 Å². The van der Waals surface area contributed by atoms with E-state index in [1.807, 2.05) is 13.8 Å². The molecule has 0 aliphatic rings.